The number of amides is 3. The van der Waals surface area contributed by atoms with E-state index in [1.807, 2.05) is 30.3 Å². The summed E-state index contributed by atoms with van der Waals surface area (Å²) >= 11 is 6.47. The minimum atomic E-state index is -3.56. The molecule has 16 nitrogen and oxygen atoms in total. The molecule has 1 aromatic heterocycles. The summed E-state index contributed by atoms with van der Waals surface area (Å²) in [7, 11) is 0.745. The van der Waals surface area contributed by atoms with Gasteiger partial charge in [-0.2, -0.15) is 4.98 Å². The van der Waals surface area contributed by atoms with Crippen LogP contribution in [0.15, 0.2) is 66.9 Å². The summed E-state index contributed by atoms with van der Waals surface area (Å²) in [5, 5.41) is 16.7. The molecule has 3 aliphatic heterocycles. The second-order valence-electron chi connectivity index (χ2n) is 15.5. The van der Waals surface area contributed by atoms with Crippen molar-refractivity contribution in [3.05, 3.63) is 83.0 Å². The van der Waals surface area contributed by atoms with Gasteiger partial charge in [0, 0.05) is 81.4 Å². The molecule has 3 amide bonds. The maximum Gasteiger partial charge on any atom is 0.362 e. The molecule has 7 rings (SSSR count). The van der Waals surface area contributed by atoms with E-state index in [4.69, 9.17) is 25.4 Å². The minimum absolute atomic E-state index is 0.152. The Kier molecular flexibility index (Phi) is 15.0. The van der Waals surface area contributed by atoms with Crippen LogP contribution in [0.25, 0.3) is 0 Å². The maximum atomic E-state index is 13.2. The maximum absolute atomic E-state index is 13.2. The Morgan fingerprint density at radius 3 is 2.35 bits per heavy atom. The second kappa shape index (κ2) is 20.7. The van der Waals surface area contributed by atoms with Gasteiger partial charge in [-0.05, 0) is 75.0 Å². The molecule has 62 heavy (non-hydrogen) atoms. The van der Waals surface area contributed by atoms with Crippen molar-refractivity contribution in [2.24, 2.45) is 0 Å². The number of piperidine rings is 2. The Morgan fingerprint density at radius 1 is 0.855 bits per heavy atom. The zero-order valence-corrected chi connectivity index (χ0v) is 37.0. The van der Waals surface area contributed by atoms with Crippen LogP contribution < -0.4 is 41.5 Å². The summed E-state index contributed by atoms with van der Waals surface area (Å²) in [6.45, 7) is 4.06. The van der Waals surface area contributed by atoms with E-state index in [2.05, 4.69) is 47.5 Å². The van der Waals surface area contributed by atoms with Crippen molar-refractivity contribution in [3.63, 3.8) is 0 Å². The number of nitrogens with one attached hydrogen (secondary N) is 5. The van der Waals surface area contributed by atoms with Crippen LogP contribution in [0.4, 0.5) is 34.5 Å². The van der Waals surface area contributed by atoms with E-state index in [-0.39, 0.29) is 23.3 Å². The van der Waals surface area contributed by atoms with E-state index >= 15 is 0 Å². The average Bonchev–Trinajstić information content (AvgIpc) is 3.63. The lowest BCUT2D eigenvalue weighted by molar-refractivity contribution is -0.136. The van der Waals surface area contributed by atoms with Crippen LogP contribution in [-0.2, 0) is 29.7 Å². The van der Waals surface area contributed by atoms with E-state index in [0.717, 1.165) is 81.6 Å². The molecule has 0 bridgehead atoms. The van der Waals surface area contributed by atoms with E-state index in [9.17, 15) is 18.9 Å². The van der Waals surface area contributed by atoms with Crippen LogP contribution in [0.5, 0.6) is 5.75 Å². The Labute approximate surface area is 367 Å². The highest BCUT2D eigenvalue weighted by Gasteiger charge is 2.40. The van der Waals surface area contributed by atoms with Gasteiger partial charge in [0.2, 0.25) is 17.8 Å². The van der Waals surface area contributed by atoms with E-state index in [1.54, 1.807) is 36.3 Å². The first kappa shape index (κ1) is 44.8. The summed E-state index contributed by atoms with van der Waals surface area (Å²) in [6, 6.07) is 18.5. The van der Waals surface area contributed by atoms with Gasteiger partial charge in [-0.15, -0.1) is 0 Å². The van der Waals surface area contributed by atoms with Gasteiger partial charge in [0.1, 0.15) is 16.8 Å². The third-order valence-corrected chi connectivity index (χ3v) is 13.9. The van der Waals surface area contributed by atoms with Gasteiger partial charge in [0.15, 0.2) is 5.82 Å². The molecule has 0 saturated carbocycles. The van der Waals surface area contributed by atoms with Gasteiger partial charge < -0.3 is 44.9 Å². The van der Waals surface area contributed by atoms with Gasteiger partial charge >= 0.3 is 7.60 Å². The lowest BCUT2D eigenvalue weighted by Gasteiger charge is -2.34. The number of ether oxygens (including phenoxy) is 1. The zero-order chi connectivity index (χ0) is 43.6. The first-order chi connectivity index (χ1) is 30.1. The van der Waals surface area contributed by atoms with Gasteiger partial charge in [-0.25, -0.2) is 4.98 Å². The molecule has 5 N–H and O–H groups in total. The summed E-state index contributed by atoms with van der Waals surface area (Å²) in [4.78, 5) is 50.1. The fourth-order valence-electron chi connectivity index (χ4n) is 8.23. The Balaban J connectivity index is 0.805. The summed E-state index contributed by atoms with van der Waals surface area (Å²) in [5.41, 5.74) is 4.73. The predicted octanol–water partition coefficient (Wildman–Crippen LogP) is 7.12. The van der Waals surface area contributed by atoms with Crippen molar-refractivity contribution >= 4 is 76.7 Å². The number of methoxy groups -OCH3 is 1. The summed E-state index contributed by atoms with van der Waals surface area (Å²) < 4.78 is 29.4. The van der Waals surface area contributed by atoms with Crippen molar-refractivity contribution in [1.82, 2.24) is 25.5 Å². The van der Waals surface area contributed by atoms with Gasteiger partial charge in [-0.1, -0.05) is 49.1 Å². The number of fused-ring (bicyclic) bond motifs is 1. The van der Waals surface area contributed by atoms with E-state index in [1.165, 1.54) is 26.8 Å². The first-order valence-electron chi connectivity index (χ1n) is 21.1. The minimum Gasteiger partial charge on any atom is -0.494 e. The number of nitrogens with zero attached hydrogens (tertiary/aromatic N) is 4. The van der Waals surface area contributed by atoms with Crippen LogP contribution in [0.3, 0.4) is 0 Å². The van der Waals surface area contributed by atoms with Gasteiger partial charge in [0.05, 0.1) is 30.0 Å². The SMILES string of the molecule is COc1cc(N2CCC(NCCCCCCCNc3cccc4c3CN(C3CCC(=O)NC3=O)C4=O)CC2)ccc1Nc1ncc(Cl)c(Nc2ccccc2P(=O)(OC)OC)n1. The zero-order valence-electron chi connectivity index (χ0n) is 35.4. The Bertz CT molecular complexity index is 2290. The van der Waals surface area contributed by atoms with Crippen molar-refractivity contribution in [3.8, 4) is 5.75 Å². The molecule has 0 spiro atoms. The highest BCUT2D eigenvalue weighted by molar-refractivity contribution is 7.62. The Hall–Kier alpha value is -5.25. The third kappa shape index (κ3) is 10.5. The smallest absolute Gasteiger partial charge is 0.362 e. The molecule has 3 aromatic carbocycles. The third-order valence-electron chi connectivity index (χ3n) is 11.7. The lowest BCUT2D eigenvalue weighted by atomic mass is 10.0. The number of para-hydroxylation sites is 1. The quantitative estimate of drug-likeness (QED) is 0.0343. The Morgan fingerprint density at radius 2 is 1.60 bits per heavy atom. The molecule has 4 heterocycles. The molecule has 0 radical (unpaired) electrons. The lowest BCUT2D eigenvalue weighted by Crippen LogP contribution is -2.52. The highest BCUT2D eigenvalue weighted by atomic mass is 35.5. The van der Waals surface area contributed by atoms with Crippen molar-refractivity contribution in [2.75, 3.05) is 68.4 Å². The van der Waals surface area contributed by atoms with Crippen LogP contribution in [-0.4, -0.2) is 92.2 Å². The number of carbonyl (C=O) groups excluding carboxylic acids is 3. The van der Waals surface area contributed by atoms with Crippen LogP contribution >= 0.6 is 19.2 Å². The highest BCUT2D eigenvalue weighted by Crippen LogP contribution is 2.47. The number of carbonyl (C=O) groups is 3. The molecule has 1 unspecified atom stereocenters. The van der Waals surface area contributed by atoms with Crippen molar-refractivity contribution in [1.29, 1.82) is 0 Å². The second-order valence-corrected chi connectivity index (χ2v) is 18.2. The fourth-order valence-corrected chi connectivity index (χ4v) is 9.61. The molecule has 2 saturated heterocycles. The molecule has 0 aliphatic carbocycles. The van der Waals surface area contributed by atoms with Crippen molar-refractivity contribution in [2.45, 2.75) is 76.4 Å². The number of rotatable bonds is 20. The monoisotopic (exact) mass is 887 g/mol. The van der Waals surface area contributed by atoms with Crippen LogP contribution in [0.1, 0.15) is 73.7 Å². The number of aromatic nitrogens is 2. The standard InChI is InChI=1S/C44H55ClN9O7P/c1-59-38-26-30(16-17-35(38)50-44-48-27-33(45)41(52-44)49-36-13-7-8-15-39(36)62(58,60-2)61-3)53-24-20-29(21-25-53)46-22-9-5-4-6-10-23-47-34-14-11-12-31-32(34)28-54(43(31)57)37-18-19-40(55)51-42(37)56/h7-8,11-17,26-27,29,37,46-47H,4-6,9-10,18-25,28H2,1-3H3,(H,51,55,56)(H2,48,49,50,52). The van der Waals surface area contributed by atoms with Gasteiger partial charge in [0.25, 0.3) is 5.91 Å². The van der Waals surface area contributed by atoms with Crippen LogP contribution in [0.2, 0.25) is 5.02 Å². The first-order valence-corrected chi connectivity index (χ1v) is 23.1. The fraction of sp³-hybridized carbons (Fsp3) is 0.432. The number of anilines is 6. The number of imide groups is 1. The molecule has 1 atom stereocenters. The van der Waals surface area contributed by atoms with Crippen molar-refractivity contribution < 1.29 is 32.7 Å². The van der Waals surface area contributed by atoms with E-state index < -0.39 is 19.5 Å². The van der Waals surface area contributed by atoms with E-state index in [0.29, 0.717) is 58.8 Å². The van der Waals surface area contributed by atoms with Crippen LogP contribution in [0, 0.1) is 0 Å². The summed E-state index contributed by atoms with van der Waals surface area (Å²) in [6.07, 6.45) is 9.80. The molecule has 3 aliphatic rings. The van der Waals surface area contributed by atoms with Gasteiger partial charge in [-0.3, -0.25) is 24.3 Å². The normalized spacial score (nSPS) is 16.9. The molecule has 2 fully saturated rings. The number of unbranched alkanes of at least 4 members (excludes halogenated alkanes) is 4. The number of hydrogen-bond donors (Lipinski definition) is 5. The molecular weight excluding hydrogens is 833 g/mol. The molecule has 18 heteroatoms. The topological polar surface area (TPSA) is 188 Å². The summed E-state index contributed by atoms with van der Waals surface area (Å²) in [5.74, 6) is 0.420. The average molecular weight is 888 g/mol. The number of halogens is 1. The molecule has 4 aromatic rings. The number of benzene rings is 3. The molecule has 330 valence electrons. The predicted molar refractivity (Wildman–Crippen MR) is 242 cm³/mol. The largest absolute Gasteiger partial charge is 0.494 e. The molecular formula is C44H55ClN9O7P. The number of hydrogen-bond acceptors (Lipinski definition) is 14.